The van der Waals surface area contributed by atoms with Crippen molar-refractivity contribution < 1.29 is 0 Å². The van der Waals surface area contributed by atoms with Crippen molar-refractivity contribution in [1.82, 2.24) is 0 Å². The van der Waals surface area contributed by atoms with Gasteiger partial charge in [0.1, 0.15) is 0 Å². The zero-order valence-electron chi connectivity index (χ0n) is 19.1. The largest absolute Gasteiger partial charge is 0.0925 e. The lowest BCUT2D eigenvalue weighted by molar-refractivity contribution is -0.0592. The molecule has 0 amide bonds. The van der Waals surface area contributed by atoms with Gasteiger partial charge in [0.05, 0.1) is 0 Å². The molecule has 3 saturated carbocycles. The number of fused-ring (bicyclic) bond motifs is 5. The molecule has 3 fully saturated rings. The molecule has 0 bridgehead atoms. The van der Waals surface area contributed by atoms with Crippen molar-refractivity contribution in [2.75, 3.05) is 5.33 Å². The van der Waals surface area contributed by atoms with E-state index < -0.39 is 0 Å². The highest BCUT2D eigenvalue weighted by Gasteiger charge is 2.59. The average molecular weight is 450 g/mol. The molecule has 4 rings (SSSR count). The second-order valence-corrected chi connectivity index (χ2v) is 12.5. The molecule has 0 aromatic heterocycles. The van der Waals surface area contributed by atoms with E-state index >= 15 is 0 Å². The molecular formula is C27H45Br. The second kappa shape index (κ2) is 8.39. The lowest BCUT2D eigenvalue weighted by Gasteiger charge is -2.58. The summed E-state index contributed by atoms with van der Waals surface area (Å²) in [5, 5.41) is 1.17. The number of halogens is 1. The third-order valence-corrected chi connectivity index (χ3v) is 11.5. The lowest BCUT2D eigenvalue weighted by Crippen LogP contribution is -2.50. The van der Waals surface area contributed by atoms with Gasteiger partial charge in [-0.2, -0.15) is 0 Å². The summed E-state index contributed by atoms with van der Waals surface area (Å²) in [4.78, 5) is 0. The van der Waals surface area contributed by atoms with Crippen molar-refractivity contribution in [3.05, 3.63) is 11.6 Å². The fraction of sp³-hybridized carbons (Fsp3) is 0.926. The zero-order valence-corrected chi connectivity index (χ0v) is 20.7. The van der Waals surface area contributed by atoms with Gasteiger partial charge >= 0.3 is 0 Å². The molecule has 0 aliphatic heterocycles. The maximum atomic E-state index is 3.66. The van der Waals surface area contributed by atoms with Crippen LogP contribution in [-0.4, -0.2) is 5.33 Å². The standard InChI is InChI=1S/C27H45Br/c1-19(18-28)8-7-9-20(2)23-13-14-24-22-12-11-21-10-5-6-16-26(21,3)25(22)15-17-27(23,24)4/h10,19-20,22-25H,5-9,11-18H2,1-4H3/t19?,20-,22+,23-,24+,25+,26+,27-/m1/s1. The fourth-order valence-corrected chi connectivity index (χ4v) is 9.12. The van der Waals surface area contributed by atoms with Gasteiger partial charge in [-0.15, -0.1) is 0 Å². The molecule has 0 heterocycles. The molecule has 1 heteroatoms. The normalized spacial score (nSPS) is 44.8. The number of hydrogen-bond donors (Lipinski definition) is 0. The minimum atomic E-state index is 0.567. The minimum absolute atomic E-state index is 0.567. The van der Waals surface area contributed by atoms with Crippen LogP contribution in [0.15, 0.2) is 11.6 Å². The van der Waals surface area contributed by atoms with Crippen LogP contribution in [0.25, 0.3) is 0 Å². The SMILES string of the molecule is CC(CBr)CCC[C@@H](C)[C@H]1CC[C@H]2[C@@H]3CCC4=CCCC[C@]4(C)[C@H]3CC[C@]12C. The van der Waals surface area contributed by atoms with Crippen LogP contribution >= 0.6 is 15.9 Å². The molecule has 0 N–H and O–H groups in total. The van der Waals surface area contributed by atoms with Gasteiger partial charge in [0.25, 0.3) is 0 Å². The Bertz CT molecular complexity index is 579. The van der Waals surface area contributed by atoms with E-state index in [9.17, 15) is 0 Å². The van der Waals surface area contributed by atoms with Crippen molar-refractivity contribution >= 4 is 15.9 Å². The Kier molecular flexibility index (Phi) is 6.43. The van der Waals surface area contributed by atoms with Gasteiger partial charge in [0.2, 0.25) is 0 Å². The van der Waals surface area contributed by atoms with Gasteiger partial charge in [0.15, 0.2) is 0 Å². The number of allylic oxidation sites excluding steroid dienone is 2. The summed E-state index contributed by atoms with van der Waals surface area (Å²) in [6, 6.07) is 0. The lowest BCUT2D eigenvalue weighted by atomic mass is 9.46. The van der Waals surface area contributed by atoms with Crippen LogP contribution in [0.4, 0.5) is 0 Å². The van der Waals surface area contributed by atoms with Crippen LogP contribution in [-0.2, 0) is 0 Å². The van der Waals surface area contributed by atoms with E-state index in [0.717, 1.165) is 35.5 Å². The van der Waals surface area contributed by atoms with Crippen LogP contribution in [0, 0.1) is 46.3 Å². The van der Waals surface area contributed by atoms with E-state index in [0.29, 0.717) is 10.8 Å². The maximum Gasteiger partial charge on any atom is 0.00570 e. The predicted molar refractivity (Wildman–Crippen MR) is 126 cm³/mol. The van der Waals surface area contributed by atoms with Crippen LogP contribution in [0.2, 0.25) is 0 Å². The zero-order chi connectivity index (χ0) is 19.9. The molecule has 0 radical (unpaired) electrons. The molecule has 4 aliphatic rings. The van der Waals surface area contributed by atoms with Crippen molar-refractivity contribution in [2.45, 2.75) is 105 Å². The average Bonchev–Trinajstić information content (AvgIpc) is 3.04. The Morgan fingerprint density at radius 2 is 1.86 bits per heavy atom. The van der Waals surface area contributed by atoms with E-state index in [2.05, 4.69) is 49.7 Å². The first kappa shape index (κ1) is 21.5. The van der Waals surface area contributed by atoms with Crippen molar-refractivity contribution in [3.63, 3.8) is 0 Å². The molecule has 4 aliphatic carbocycles. The Morgan fingerprint density at radius 1 is 1.04 bits per heavy atom. The van der Waals surface area contributed by atoms with Gasteiger partial charge in [-0.3, -0.25) is 0 Å². The number of hydrogen-bond acceptors (Lipinski definition) is 0. The number of rotatable bonds is 6. The third kappa shape index (κ3) is 3.58. The smallest absolute Gasteiger partial charge is 0.00570 e. The molecule has 1 unspecified atom stereocenters. The van der Waals surface area contributed by atoms with E-state index in [-0.39, 0.29) is 0 Å². The van der Waals surface area contributed by atoms with E-state index in [1.54, 1.807) is 6.42 Å². The summed E-state index contributed by atoms with van der Waals surface area (Å²) >= 11 is 3.66. The van der Waals surface area contributed by atoms with Gasteiger partial charge in [-0.05, 0) is 111 Å². The van der Waals surface area contributed by atoms with Crippen LogP contribution < -0.4 is 0 Å². The Balaban J connectivity index is 1.45. The molecule has 0 aromatic rings. The highest BCUT2D eigenvalue weighted by atomic mass is 79.9. The summed E-state index contributed by atoms with van der Waals surface area (Å²) in [6.07, 6.45) is 20.3. The van der Waals surface area contributed by atoms with Crippen LogP contribution in [0.5, 0.6) is 0 Å². The predicted octanol–water partition coefficient (Wildman–Crippen LogP) is 8.79. The first-order chi connectivity index (χ1) is 13.4. The molecule has 0 nitrogen and oxygen atoms in total. The number of alkyl halides is 1. The highest BCUT2D eigenvalue weighted by molar-refractivity contribution is 9.09. The fourth-order valence-electron chi connectivity index (χ4n) is 8.80. The van der Waals surface area contributed by atoms with Gasteiger partial charge in [-0.25, -0.2) is 0 Å². The summed E-state index contributed by atoms with van der Waals surface area (Å²) in [5.41, 5.74) is 3.08. The van der Waals surface area contributed by atoms with Crippen molar-refractivity contribution in [2.24, 2.45) is 46.3 Å². The highest BCUT2D eigenvalue weighted by Crippen LogP contribution is 2.67. The topological polar surface area (TPSA) is 0 Å². The summed E-state index contributed by atoms with van der Waals surface area (Å²) in [6.45, 7) is 10.4. The Morgan fingerprint density at radius 3 is 2.64 bits per heavy atom. The quantitative estimate of drug-likeness (QED) is 0.281. The summed E-state index contributed by atoms with van der Waals surface area (Å²) < 4.78 is 0. The molecule has 0 aromatic carbocycles. The van der Waals surface area contributed by atoms with Gasteiger partial charge in [-0.1, -0.05) is 68.1 Å². The summed E-state index contributed by atoms with van der Waals surface area (Å²) in [5.74, 6) is 5.83. The van der Waals surface area contributed by atoms with Crippen LogP contribution in [0.1, 0.15) is 105 Å². The Hall–Kier alpha value is 0.220. The molecule has 160 valence electrons. The van der Waals surface area contributed by atoms with Gasteiger partial charge in [0, 0.05) is 5.33 Å². The second-order valence-electron chi connectivity index (χ2n) is 11.9. The molecule has 8 atom stereocenters. The molecular weight excluding hydrogens is 404 g/mol. The van der Waals surface area contributed by atoms with E-state index in [4.69, 9.17) is 0 Å². The molecule has 0 spiro atoms. The summed E-state index contributed by atoms with van der Waals surface area (Å²) in [7, 11) is 0. The van der Waals surface area contributed by atoms with E-state index in [1.807, 2.05) is 5.57 Å². The van der Waals surface area contributed by atoms with Gasteiger partial charge < -0.3 is 0 Å². The van der Waals surface area contributed by atoms with Crippen molar-refractivity contribution in [1.29, 1.82) is 0 Å². The first-order valence-corrected chi connectivity index (χ1v) is 13.8. The monoisotopic (exact) mass is 448 g/mol. The first-order valence-electron chi connectivity index (χ1n) is 12.7. The Labute approximate surface area is 183 Å². The minimum Gasteiger partial charge on any atom is -0.0925 e. The third-order valence-electron chi connectivity index (χ3n) is 10.4. The van der Waals surface area contributed by atoms with Crippen LogP contribution in [0.3, 0.4) is 0 Å². The van der Waals surface area contributed by atoms with Crippen molar-refractivity contribution in [3.8, 4) is 0 Å². The molecule has 0 saturated heterocycles. The maximum absolute atomic E-state index is 3.66. The molecule has 28 heavy (non-hydrogen) atoms. The van der Waals surface area contributed by atoms with E-state index in [1.165, 1.54) is 76.0 Å².